The molecule has 1 N–H and O–H groups in total. The average molecular weight is 338 g/mol. The van der Waals surface area contributed by atoms with Crippen LogP contribution < -0.4 is 5.32 Å². The van der Waals surface area contributed by atoms with Gasteiger partial charge in [0.15, 0.2) is 5.76 Å². The highest BCUT2D eigenvalue weighted by atomic mass is 16.3. The first-order valence-electron chi connectivity index (χ1n) is 8.11. The Balaban J connectivity index is 1.53. The lowest BCUT2D eigenvalue weighted by Crippen LogP contribution is -2.10. The Kier molecular flexibility index (Phi) is 4.19. The van der Waals surface area contributed by atoms with Crippen LogP contribution in [0.4, 0.5) is 5.69 Å². The molecule has 0 saturated carbocycles. The molecule has 4 aromatic rings. The van der Waals surface area contributed by atoms with Crippen molar-refractivity contribution in [3.05, 3.63) is 96.0 Å². The second kappa shape index (κ2) is 6.96. The van der Waals surface area contributed by atoms with Gasteiger partial charge in [-0.3, -0.25) is 4.79 Å². The Morgan fingerprint density at radius 2 is 1.81 bits per heavy atom. The van der Waals surface area contributed by atoms with Gasteiger partial charge in [-0.2, -0.15) is 0 Å². The molecule has 0 aliphatic heterocycles. The maximum Gasteiger partial charge on any atom is 0.291 e. The fourth-order valence-corrected chi connectivity index (χ4v) is 2.53. The van der Waals surface area contributed by atoms with E-state index in [0.29, 0.717) is 17.0 Å². The average Bonchev–Trinajstić information content (AvgIpc) is 3.12. The fourth-order valence-electron chi connectivity index (χ4n) is 2.53. The Morgan fingerprint density at radius 1 is 0.923 bits per heavy atom. The molecule has 2 aromatic carbocycles. The molecule has 4 heteroatoms. The number of benzene rings is 2. The van der Waals surface area contributed by atoms with Crippen molar-refractivity contribution in [3.8, 4) is 11.8 Å². The SMILES string of the molecule is O=C(Nc1cccc(C#Cc2ccccn2)c1)c1cc2ccccc2o1. The second-order valence-electron chi connectivity index (χ2n) is 5.65. The van der Waals surface area contributed by atoms with Crippen LogP contribution in [0.3, 0.4) is 0 Å². The summed E-state index contributed by atoms with van der Waals surface area (Å²) in [6.07, 6.45) is 1.70. The predicted molar refractivity (Wildman–Crippen MR) is 101 cm³/mol. The molecule has 0 fully saturated rings. The summed E-state index contributed by atoms with van der Waals surface area (Å²) in [5.41, 5.74) is 2.83. The molecule has 0 unspecified atom stereocenters. The number of nitrogens with one attached hydrogen (secondary N) is 1. The number of rotatable bonds is 2. The first-order chi connectivity index (χ1) is 12.8. The van der Waals surface area contributed by atoms with Gasteiger partial charge in [0.2, 0.25) is 0 Å². The zero-order valence-corrected chi connectivity index (χ0v) is 13.8. The number of carbonyl (C=O) groups is 1. The van der Waals surface area contributed by atoms with E-state index in [4.69, 9.17) is 4.42 Å². The van der Waals surface area contributed by atoms with E-state index in [0.717, 1.165) is 10.9 Å². The zero-order valence-electron chi connectivity index (χ0n) is 13.8. The minimum absolute atomic E-state index is 0.274. The third-order valence-corrected chi connectivity index (χ3v) is 3.77. The Bertz CT molecular complexity index is 1100. The van der Waals surface area contributed by atoms with Gasteiger partial charge < -0.3 is 9.73 Å². The van der Waals surface area contributed by atoms with Gasteiger partial charge in [0.1, 0.15) is 11.3 Å². The highest BCUT2D eigenvalue weighted by molar-refractivity contribution is 6.04. The van der Waals surface area contributed by atoms with E-state index in [1.165, 1.54) is 0 Å². The number of aromatic nitrogens is 1. The number of carbonyl (C=O) groups excluding carboxylic acids is 1. The van der Waals surface area contributed by atoms with Crippen molar-refractivity contribution < 1.29 is 9.21 Å². The smallest absolute Gasteiger partial charge is 0.291 e. The first-order valence-corrected chi connectivity index (χ1v) is 8.11. The van der Waals surface area contributed by atoms with Crippen LogP contribution >= 0.6 is 0 Å². The molecule has 0 aliphatic carbocycles. The number of nitrogens with zero attached hydrogens (tertiary/aromatic N) is 1. The van der Waals surface area contributed by atoms with Gasteiger partial charge in [0.05, 0.1) is 0 Å². The highest BCUT2D eigenvalue weighted by Crippen LogP contribution is 2.20. The maximum absolute atomic E-state index is 12.4. The maximum atomic E-state index is 12.4. The minimum atomic E-state index is -0.295. The number of amides is 1. The topological polar surface area (TPSA) is 55.1 Å². The molecule has 0 spiro atoms. The van der Waals surface area contributed by atoms with Crippen LogP contribution in [0.2, 0.25) is 0 Å². The molecule has 4 nitrogen and oxygen atoms in total. The van der Waals surface area contributed by atoms with Crippen LogP contribution in [0.15, 0.2) is 83.4 Å². The summed E-state index contributed by atoms with van der Waals surface area (Å²) in [7, 11) is 0. The standard InChI is InChI=1S/C22H14N2O2/c25-22(21-15-17-7-1-2-10-20(17)26-21)24-19-9-5-6-16(14-19)11-12-18-8-3-4-13-23-18/h1-10,13-15H,(H,24,25). The Labute approximate surface area is 150 Å². The summed E-state index contributed by atoms with van der Waals surface area (Å²) in [5.74, 6) is 6.03. The van der Waals surface area contributed by atoms with E-state index in [2.05, 4.69) is 22.1 Å². The van der Waals surface area contributed by atoms with Gasteiger partial charge in [0, 0.05) is 22.8 Å². The van der Waals surface area contributed by atoms with Crippen molar-refractivity contribution in [1.82, 2.24) is 4.98 Å². The summed E-state index contributed by atoms with van der Waals surface area (Å²) in [6, 6.07) is 22.2. The summed E-state index contributed by atoms with van der Waals surface area (Å²) < 4.78 is 5.59. The van der Waals surface area contributed by atoms with E-state index in [-0.39, 0.29) is 11.7 Å². The lowest BCUT2D eigenvalue weighted by atomic mass is 10.2. The van der Waals surface area contributed by atoms with Gasteiger partial charge in [-0.1, -0.05) is 36.3 Å². The molecule has 2 heterocycles. The Hall–Kier alpha value is -3.84. The molecule has 4 rings (SSSR count). The molecular formula is C22H14N2O2. The molecule has 124 valence electrons. The quantitative estimate of drug-likeness (QED) is 0.548. The zero-order chi connectivity index (χ0) is 17.8. The van der Waals surface area contributed by atoms with Crippen LogP contribution in [-0.4, -0.2) is 10.9 Å². The molecular weight excluding hydrogens is 324 g/mol. The van der Waals surface area contributed by atoms with Gasteiger partial charge >= 0.3 is 0 Å². The van der Waals surface area contributed by atoms with Gasteiger partial charge in [0.25, 0.3) is 5.91 Å². The molecule has 0 radical (unpaired) electrons. The van der Waals surface area contributed by atoms with Gasteiger partial charge in [-0.05, 0) is 48.4 Å². The molecule has 26 heavy (non-hydrogen) atoms. The summed E-state index contributed by atoms with van der Waals surface area (Å²) in [5, 5.41) is 3.74. The molecule has 0 saturated heterocycles. The number of hydrogen-bond donors (Lipinski definition) is 1. The number of fused-ring (bicyclic) bond motifs is 1. The van der Waals surface area contributed by atoms with E-state index < -0.39 is 0 Å². The van der Waals surface area contributed by atoms with Crippen molar-refractivity contribution in [3.63, 3.8) is 0 Å². The largest absolute Gasteiger partial charge is 0.451 e. The number of hydrogen-bond acceptors (Lipinski definition) is 3. The van der Waals surface area contributed by atoms with E-state index in [9.17, 15) is 4.79 Å². The second-order valence-corrected chi connectivity index (χ2v) is 5.65. The third kappa shape index (κ3) is 3.47. The van der Waals surface area contributed by atoms with Crippen molar-refractivity contribution in [2.24, 2.45) is 0 Å². The number of pyridine rings is 1. The van der Waals surface area contributed by atoms with Crippen LogP contribution in [0.25, 0.3) is 11.0 Å². The van der Waals surface area contributed by atoms with Crippen LogP contribution in [0, 0.1) is 11.8 Å². The van der Waals surface area contributed by atoms with E-state index in [1.807, 2.05) is 66.7 Å². The lowest BCUT2D eigenvalue weighted by molar-refractivity contribution is 0.0998. The van der Waals surface area contributed by atoms with Crippen molar-refractivity contribution in [2.45, 2.75) is 0 Å². The van der Waals surface area contributed by atoms with Crippen molar-refractivity contribution in [1.29, 1.82) is 0 Å². The molecule has 2 aromatic heterocycles. The summed E-state index contributed by atoms with van der Waals surface area (Å²) in [6.45, 7) is 0. The molecule has 1 amide bonds. The molecule has 0 bridgehead atoms. The lowest BCUT2D eigenvalue weighted by Gasteiger charge is -2.03. The van der Waals surface area contributed by atoms with Crippen LogP contribution in [-0.2, 0) is 0 Å². The first kappa shape index (κ1) is 15.7. The monoisotopic (exact) mass is 338 g/mol. The van der Waals surface area contributed by atoms with Gasteiger partial charge in [-0.15, -0.1) is 0 Å². The molecule has 0 aliphatic rings. The van der Waals surface area contributed by atoms with E-state index in [1.54, 1.807) is 12.3 Å². The normalized spacial score (nSPS) is 10.2. The summed E-state index contributed by atoms with van der Waals surface area (Å²) in [4.78, 5) is 16.6. The predicted octanol–water partition coefficient (Wildman–Crippen LogP) is 4.48. The minimum Gasteiger partial charge on any atom is -0.451 e. The van der Waals surface area contributed by atoms with Crippen molar-refractivity contribution >= 4 is 22.6 Å². The highest BCUT2D eigenvalue weighted by Gasteiger charge is 2.12. The third-order valence-electron chi connectivity index (χ3n) is 3.77. The van der Waals surface area contributed by atoms with Crippen LogP contribution in [0.1, 0.15) is 21.8 Å². The number of anilines is 1. The summed E-state index contributed by atoms with van der Waals surface area (Å²) >= 11 is 0. The van der Waals surface area contributed by atoms with Gasteiger partial charge in [-0.25, -0.2) is 4.98 Å². The van der Waals surface area contributed by atoms with Crippen LogP contribution in [0.5, 0.6) is 0 Å². The Morgan fingerprint density at radius 3 is 2.65 bits per heavy atom. The van der Waals surface area contributed by atoms with Crippen molar-refractivity contribution in [2.75, 3.05) is 5.32 Å². The fraction of sp³-hybridized carbons (Fsp3) is 0. The molecule has 0 atom stereocenters. The number of para-hydroxylation sites is 1. The van der Waals surface area contributed by atoms with E-state index >= 15 is 0 Å². The number of furan rings is 1.